The molecule has 83 valence electrons. The zero-order valence-electron chi connectivity index (χ0n) is 9.85. The predicted molar refractivity (Wildman–Crippen MR) is 75.4 cm³/mol. The summed E-state index contributed by atoms with van der Waals surface area (Å²) in [7, 11) is 1.36. The molecule has 0 nitrogen and oxygen atoms in total. The minimum absolute atomic E-state index is 1.07. The standard InChI is InChI=1S/C16H14P/c1-12-6-2-3-7-13(12)10-16-15-9-5-4-8-14(15)11-17-16/h2-9,11H,10H2,1H3. The molecule has 0 saturated heterocycles. The van der Waals surface area contributed by atoms with Crippen LogP contribution >= 0.6 is 8.58 Å². The quantitative estimate of drug-likeness (QED) is 0.704. The average molecular weight is 237 g/mol. The van der Waals surface area contributed by atoms with E-state index < -0.39 is 0 Å². The van der Waals surface area contributed by atoms with Crippen LogP contribution in [0.25, 0.3) is 11.1 Å². The van der Waals surface area contributed by atoms with E-state index in [1.165, 1.54) is 35.5 Å². The molecule has 0 N–H and O–H groups in total. The van der Waals surface area contributed by atoms with E-state index in [1.54, 1.807) is 0 Å². The zero-order valence-corrected chi connectivity index (χ0v) is 10.7. The van der Waals surface area contributed by atoms with Gasteiger partial charge in [-0.25, -0.2) is 0 Å². The molecule has 0 fully saturated rings. The summed E-state index contributed by atoms with van der Waals surface area (Å²) in [6.45, 7) is 2.19. The highest BCUT2D eigenvalue weighted by molar-refractivity contribution is 7.58. The molecular formula is C16H14P. The first-order valence-electron chi connectivity index (χ1n) is 5.88. The van der Waals surface area contributed by atoms with E-state index in [0.29, 0.717) is 0 Å². The first-order chi connectivity index (χ1) is 8.34. The second kappa shape index (κ2) is 4.47. The molecule has 0 aromatic heterocycles. The lowest BCUT2D eigenvalue weighted by molar-refractivity contribution is 1.24. The number of hydrogen-bond donors (Lipinski definition) is 0. The van der Waals surface area contributed by atoms with E-state index in [9.17, 15) is 0 Å². The molecule has 1 heterocycles. The second-order valence-corrected chi connectivity index (χ2v) is 5.45. The molecule has 1 aliphatic heterocycles. The molecule has 0 amide bonds. The fourth-order valence-electron chi connectivity index (χ4n) is 2.22. The fourth-order valence-corrected chi connectivity index (χ4v) is 3.34. The molecule has 0 atom stereocenters. The Labute approximate surface area is 103 Å². The summed E-state index contributed by atoms with van der Waals surface area (Å²) in [6, 6.07) is 17.3. The van der Waals surface area contributed by atoms with Gasteiger partial charge in [-0.2, -0.15) is 0 Å². The van der Waals surface area contributed by atoms with Crippen molar-refractivity contribution in [2.45, 2.75) is 13.3 Å². The normalized spacial score (nSPS) is 14.8. The van der Waals surface area contributed by atoms with E-state index in [2.05, 4.69) is 61.3 Å². The van der Waals surface area contributed by atoms with Crippen LogP contribution in [-0.2, 0) is 6.42 Å². The number of benzene rings is 2. The van der Waals surface area contributed by atoms with Crippen molar-refractivity contribution in [1.82, 2.24) is 0 Å². The van der Waals surface area contributed by atoms with Gasteiger partial charge < -0.3 is 0 Å². The van der Waals surface area contributed by atoms with Gasteiger partial charge in [-0.15, -0.1) is 0 Å². The van der Waals surface area contributed by atoms with Gasteiger partial charge in [0.25, 0.3) is 0 Å². The van der Waals surface area contributed by atoms with E-state index in [-0.39, 0.29) is 0 Å². The molecule has 0 spiro atoms. The number of hydrogen-bond acceptors (Lipinski definition) is 0. The lowest BCUT2D eigenvalue weighted by atomic mass is 10.0. The smallest absolute Gasteiger partial charge is 0.000605 e. The minimum atomic E-state index is 1.07. The van der Waals surface area contributed by atoms with Crippen molar-refractivity contribution < 1.29 is 0 Å². The third-order valence-electron chi connectivity index (χ3n) is 3.25. The molecule has 1 aliphatic rings. The van der Waals surface area contributed by atoms with Crippen LogP contribution in [0.3, 0.4) is 0 Å². The maximum atomic E-state index is 2.31. The third-order valence-corrected chi connectivity index (χ3v) is 4.37. The van der Waals surface area contributed by atoms with Gasteiger partial charge >= 0.3 is 0 Å². The summed E-state index contributed by atoms with van der Waals surface area (Å²) in [4.78, 5) is 0. The maximum Gasteiger partial charge on any atom is -0.000605 e. The van der Waals surface area contributed by atoms with Crippen molar-refractivity contribution in [3.63, 3.8) is 0 Å². The molecule has 3 rings (SSSR count). The molecule has 2 aromatic rings. The van der Waals surface area contributed by atoms with Gasteiger partial charge in [0.2, 0.25) is 0 Å². The fraction of sp³-hybridized carbons (Fsp3) is 0.125. The molecule has 1 heteroatoms. The first kappa shape index (κ1) is 10.7. The Balaban J connectivity index is 2.05. The summed E-state index contributed by atoms with van der Waals surface area (Å²) < 4.78 is 0. The summed E-state index contributed by atoms with van der Waals surface area (Å²) in [5.41, 5.74) is 2.83. The lowest BCUT2D eigenvalue weighted by Gasteiger charge is -2.05. The van der Waals surface area contributed by atoms with Crippen molar-refractivity contribution in [2.75, 3.05) is 0 Å². The van der Waals surface area contributed by atoms with Gasteiger partial charge in [0, 0.05) is 0 Å². The van der Waals surface area contributed by atoms with Gasteiger partial charge in [0.05, 0.1) is 0 Å². The van der Waals surface area contributed by atoms with E-state index in [4.69, 9.17) is 0 Å². The lowest BCUT2D eigenvalue weighted by Crippen LogP contribution is -2.22. The van der Waals surface area contributed by atoms with Crippen LogP contribution in [0.4, 0.5) is 0 Å². The third kappa shape index (κ3) is 2.06. The maximum absolute atomic E-state index is 2.31. The van der Waals surface area contributed by atoms with Gasteiger partial charge in [-0.3, -0.25) is 0 Å². The largest absolute Gasteiger partial charge is 0.0620 e. The van der Waals surface area contributed by atoms with E-state index in [1.807, 2.05) is 0 Å². The van der Waals surface area contributed by atoms with Gasteiger partial charge in [0.1, 0.15) is 0 Å². The summed E-state index contributed by atoms with van der Waals surface area (Å²) in [6.07, 6.45) is 1.07. The van der Waals surface area contributed by atoms with Crippen molar-refractivity contribution >= 4 is 19.7 Å². The zero-order chi connectivity index (χ0) is 11.7. The molecule has 1 radical (unpaired) electrons. The van der Waals surface area contributed by atoms with E-state index >= 15 is 0 Å². The van der Waals surface area contributed by atoms with Crippen LogP contribution < -0.4 is 10.4 Å². The van der Waals surface area contributed by atoms with Crippen LogP contribution in [-0.4, -0.2) is 0 Å². The molecule has 0 saturated carbocycles. The molecule has 0 aliphatic carbocycles. The predicted octanol–water partition coefficient (Wildman–Crippen LogP) is 3.04. The topological polar surface area (TPSA) is 0 Å². The Bertz CT molecular complexity index is 668. The van der Waals surface area contributed by atoms with Crippen molar-refractivity contribution in [3.8, 4) is 0 Å². The van der Waals surface area contributed by atoms with Gasteiger partial charge in [-0.1, -0.05) is 48.5 Å². The Morgan fingerprint density at radius 2 is 1.71 bits per heavy atom. The Morgan fingerprint density at radius 3 is 2.59 bits per heavy atom. The van der Waals surface area contributed by atoms with Gasteiger partial charge in [0.15, 0.2) is 0 Å². The summed E-state index contributed by atoms with van der Waals surface area (Å²) in [5.74, 6) is 2.31. The Morgan fingerprint density at radius 1 is 0.941 bits per heavy atom. The number of fused-ring (bicyclic) bond motifs is 1. The monoisotopic (exact) mass is 237 g/mol. The van der Waals surface area contributed by atoms with Crippen LogP contribution in [0.1, 0.15) is 11.1 Å². The van der Waals surface area contributed by atoms with E-state index in [0.717, 1.165) is 6.42 Å². The molecule has 17 heavy (non-hydrogen) atoms. The van der Waals surface area contributed by atoms with Crippen molar-refractivity contribution in [1.29, 1.82) is 0 Å². The minimum Gasteiger partial charge on any atom is -0.0620 e. The highest BCUT2D eigenvalue weighted by atomic mass is 31.1. The first-order valence-corrected chi connectivity index (χ1v) is 6.85. The van der Waals surface area contributed by atoms with Crippen LogP contribution in [0, 0.1) is 6.92 Å². The van der Waals surface area contributed by atoms with Crippen molar-refractivity contribution in [2.24, 2.45) is 0 Å². The summed E-state index contributed by atoms with van der Waals surface area (Å²) >= 11 is 0. The molecule has 0 unspecified atom stereocenters. The second-order valence-electron chi connectivity index (χ2n) is 4.40. The average Bonchev–Trinajstić information content (AvgIpc) is 2.76. The van der Waals surface area contributed by atoms with Crippen molar-refractivity contribution in [3.05, 3.63) is 70.1 Å². The van der Waals surface area contributed by atoms with Crippen LogP contribution in [0.15, 0.2) is 48.5 Å². The number of rotatable bonds is 2. The highest BCUT2D eigenvalue weighted by Crippen LogP contribution is 2.31. The summed E-state index contributed by atoms with van der Waals surface area (Å²) in [5, 5.41) is 4.34. The molecule has 2 aromatic carbocycles. The number of aryl methyl sites for hydroxylation is 1. The van der Waals surface area contributed by atoms with Crippen LogP contribution in [0.5, 0.6) is 0 Å². The Kier molecular flexibility index (Phi) is 2.82. The highest BCUT2D eigenvalue weighted by Gasteiger charge is 2.07. The van der Waals surface area contributed by atoms with Crippen LogP contribution in [0.2, 0.25) is 0 Å². The SMILES string of the molecule is Cc1ccccc1CC1=c2ccccc2=C[P]1. The Hall–Kier alpha value is -1.39. The molecule has 0 bridgehead atoms. The molecular weight excluding hydrogens is 223 g/mol. The van der Waals surface area contributed by atoms with Gasteiger partial charge in [-0.05, 0) is 54.6 Å².